The Hall–Kier alpha value is -0.340. The lowest BCUT2D eigenvalue weighted by molar-refractivity contribution is 0.528. The second-order valence-electron chi connectivity index (χ2n) is 3.55. The quantitative estimate of drug-likeness (QED) is 0.795. The van der Waals surface area contributed by atoms with Crippen LogP contribution in [-0.4, -0.2) is 6.54 Å². The summed E-state index contributed by atoms with van der Waals surface area (Å²) >= 11 is 3.64. The smallest absolute Gasteiger partial charge is 0.0213 e. The van der Waals surface area contributed by atoms with Crippen molar-refractivity contribution in [1.82, 2.24) is 5.32 Å². The van der Waals surface area contributed by atoms with Gasteiger partial charge in [-0.05, 0) is 29.5 Å². The molecule has 1 aromatic carbocycles. The maximum atomic E-state index is 3.64. The molecule has 0 aliphatic carbocycles. The number of benzene rings is 1. The molecule has 1 aliphatic rings. The van der Waals surface area contributed by atoms with Crippen LogP contribution in [0.15, 0.2) is 22.7 Å². The van der Waals surface area contributed by atoms with Gasteiger partial charge in [0.25, 0.3) is 0 Å². The van der Waals surface area contributed by atoms with Crippen molar-refractivity contribution in [3.8, 4) is 0 Å². The van der Waals surface area contributed by atoms with Crippen LogP contribution < -0.4 is 5.32 Å². The van der Waals surface area contributed by atoms with Crippen LogP contribution in [0.1, 0.15) is 30.4 Å². The lowest BCUT2D eigenvalue weighted by atomic mass is 9.89. The van der Waals surface area contributed by atoms with E-state index in [0.29, 0.717) is 5.92 Å². The second kappa shape index (κ2) is 3.81. The molecule has 0 aromatic heterocycles. The monoisotopic (exact) mass is 239 g/mol. The molecule has 0 saturated carbocycles. The van der Waals surface area contributed by atoms with Crippen LogP contribution >= 0.6 is 15.9 Å². The predicted octanol–water partition coefficient (Wildman–Crippen LogP) is 3.05. The van der Waals surface area contributed by atoms with Crippen molar-refractivity contribution in [3.05, 3.63) is 33.8 Å². The van der Waals surface area contributed by atoms with Gasteiger partial charge >= 0.3 is 0 Å². The summed E-state index contributed by atoms with van der Waals surface area (Å²) in [6, 6.07) is 6.48. The van der Waals surface area contributed by atoms with Crippen LogP contribution in [0.5, 0.6) is 0 Å². The van der Waals surface area contributed by atoms with E-state index in [0.717, 1.165) is 13.1 Å². The Morgan fingerprint density at radius 2 is 2.38 bits per heavy atom. The standard InChI is InChI=1S/C11H14BrN/c1-2-8-6-13-7-9-4-3-5-10(12)11(8)9/h3-5,8,13H,2,6-7H2,1H3. The summed E-state index contributed by atoms with van der Waals surface area (Å²) in [7, 11) is 0. The highest BCUT2D eigenvalue weighted by Gasteiger charge is 2.19. The summed E-state index contributed by atoms with van der Waals surface area (Å²) in [4.78, 5) is 0. The predicted molar refractivity (Wildman–Crippen MR) is 58.9 cm³/mol. The van der Waals surface area contributed by atoms with E-state index in [2.05, 4.69) is 46.4 Å². The molecule has 1 heterocycles. The van der Waals surface area contributed by atoms with Gasteiger partial charge in [0, 0.05) is 17.6 Å². The highest BCUT2D eigenvalue weighted by molar-refractivity contribution is 9.10. The summed E-state index contributed by atoms with van der Waals surface area (Å²) in [5.41, 5.74) is 2.97. The molecular weight excluding hydrogens is 226 g/mol. The SMILES string of the molecule is CCC1CNCc2cccc(Br)c21. The Balaban J connectivity index is 2.47. The largest absolute Gasteiger partial charge is 0.312 e. The van der Waals surface area contributed by atoms with E-state index >= 15 is 0 Å². The van der Waals surface area contributed by atoms with Gasteiger partial charge in [0.05, 0.1) is 0 Å². The number of fused-ring (bicyclic) bond motifs is 1. The first-order valence-electron chi connectivity index (χ1n) is 4.81. The normalized spacial score (nSPS) is 21.2. The Kier molecular flexibility index (Phi) is 2.70. The zero-order valence-corrected chi connectivity index (χ0v) is 9.39. The maximum Gasteiger partial charge on any atom is 0.0213 e. The Morgan fingerprint density at radius 1 is 1.54 bits per heavy atom. The van der Waals surface area contributed by atoms with Crippen molar-refractivity contribution in [1.29, 1.82) is 0 Å². The van der Waals surface area contributed by atoms with Crippen molar-refractivity contribution < 1.29 is 0 Å². The van der Waals surface area contributed by atoms with E-state index in [-0.39, 0.29) is 0 Å². The van der Waals surface area contributed by atoms with Crippen LogP contribution in [0.4, 0.5) is 0 Å². The van der Waals surface area contributed by atoms with Crippen LogP contribution in [0.3, 0.4) is 0 Å². The van der Waals surface area contributed by atoms with Gasteiger partial charge in [-0.3, -0.25) is 0 Å². The highest BCUT2D eigenvalue weighted by Crippen LogP contribution is 2.32. The number of hydrogen-bond acceptors (Lipinski definition) is 1. The topological polar surface area (TPSA) is 12.0 Å². The van der Waals surface area contributed by atoms with Gasteiger partial charge in [0.2, 0.25) is 0 Å². The molecule has 1 atom stereocenters. The summed E-state index contributed by atoms with van der Waals surface area (Å²) in [5.74, 6) is 0.680. The minimum Gasteiger partial charge on any atom is -0.312 e. The average Bonchev–Trinajstić information content (AvgIpc) is 2.17. The first-order chi connectivity index (χ1) is 6.33. The van der Waals surface area contributed by atoms with Crippen LogP contribution in [0, 0.1) is 0 Å². The van der Waals surface area contributed by atoms with Crippen molar-refractivity contribution in [2.24, 2.45) is 0 Å². The molecule has 1 aliphatic heterocycles. The molecule has 70 valence electrons. The molecule has 0 spiro atoms. The third-order valence-corrected chi connectivity index (χ3v) is 3.44. The van der Waals surface area contributed by atoms with Crippen molar-refractivity contribution >= 4 is 15.9 Å². The second-order valence-corrected chi connectivity index (χ2v) is 4.40. The molecule has 13 heavy (non-hydrogen) atoms. The van der Waals surface area contributed by atoms with Gasteiger partial charge in [-0.15, -0.1) is 0 Å². The number of nitrogens with one attached hydrogen (secondary N) is 1. The molecule has 0 saturated heterocycles. The third-order valence-electron chi connectivity index (χ3n) is 2.75. The summed E-state index contributed by atoms with van der Waals surface area (Å²) < 4.78 is 1.28. The van der Waals surface area contributed by atoms with E-state index in [1.807, 2.05) is 0 Å². The molecule has 1 unspecified atom stereocenters. The molecule has 0 amide bonds. The average molecular weight is 240 g/mol. The fourth-order valence-corrected chi connectivity index (χ4v) is 2.76. The van der Waals surface area contributed by atoms with Gasteiger partial charge in [0.1, 0.15) is 0 Å². The minimum absolute atomic E-state index is 0.680. The lowest BCUT2D eigenvalue weighted by Crippen LogP contribution is -2.28. The van der Waals surface area contributed by atoms with Gasteiger partial charge < -0.3 is 5.32 Å². The van der Waals surface area contributed by atoms with E-state index in [9.17, 15) is 0 Å². The van der Waals surface area contributed by atoms with Crippen LogP contribution in [0.25, 0.3) is 0 Å². The van der Waals surface area contributed by atoms with Crippen molar-refractivity contribution in [2.75, 3.05) is 6.54 Å². The fraction of sp³-hybridized carbons (Fsp3) is 0.455. The van der Waals surface area contributed by atoms with Gasteiger partial charge in [-0.1, -0.05) is 35.0 Å². The van der Waals surface area contributed by atoms with Crippen molar-refractivity contribution in [3.63, 3.8) is 0 Å². The van der Waals surface area contributed by atoms with Crippen molar-refractivity contribution in [2.45, 2.75) is 25.8 Å². The minimum atomic E-state index is 0.680. The van der Waals surface area contributed by atoms with E-state index in [1.54, 1.807) is 0 Å². The zero-order valence-electron chi connectivity index (χ0n) is 7.81. The molecule has 0 bridgehead atoms. The van der Waals surface area contributed by atoms with Crippen LogP contribution in [0.2, 0.25) is 0 Å². The van der Waals surface area contributed by atoms with Gasteiger partial charge in [0.15, 0.2) is 0 Å². The highest BCUT2D eigenvalue weighted by atomic mass is 79.9. The number of hydrogen-bond donors (Lipinski definition) is 1. The molecule has 0 fully saturated rings. The molecular formula is C11H14BrN. The number of rotatable bonds is 1. The summed E-state index contributed by atoms with van der Waals surface area (Å²) in [5, 5.41) is 3.45. The maximum absolute atomic E-state index is 3.64. The third kappa shape index (κ3) is 1.65. The first kappa shape index (κ1) is 9.22. The van der Waals surface area contributed by atoms with Gasteiger partial charge in [-0.25, -0.2) is 0 Å². The summed E-state index contributed by atoms with van der Waals surface area (Å²) in [6.45, 7) is 4.39. The molecule has 2 rings (SSSR count). The lowest BCUT2D eigenvalue weighted by Gasteiger charge is -2.26. The molecule has 1 aromatic rings. The molecule has 2 heteroatoms. The Morgan fingerprint density at radius 3 is 3.15 bits per heavy atom. The molecule has 1 N–H and O–H groups in total. The summed E-state index contributed by atoms with van der Waals surface area (Å²) in [6.07, 6.45) is 1.21. The van der Waals surface area contributed by atoms with E-state index < -0.39 is 0 Å². The molecule has 0 radical (unpaired) electrons. The van der Waals surface area contributed by atoms with Gasteiger partial charge in [-0.2, -0.15) is 0 Å². The first-order valence-corrected chi connectivity index (χ1v) is 5.60. The Bertz CT molecular complexity index is 309. The zero-order chi connectivity index (χ0) is 9.26. The Labute approximate surface area is 87.7 Å². The van der Waals surface area contributed by atoms with E-state index in [4.69, 9.17) is 0 Å². The molecule has 1 nitrogen and oxygen atoms in total. The fourth-order valence-electron chi connectivity index (χ4n) is 2.02. The van der Waals surface area contributed by atoms with E-state index in [1.165, 1.54) is 22.0 Å². The number of halogens is 1. The van der Waals surface area contributed by atoms with Crippen LogP contribution in [-0.2, 0) is 6.54 Å².